The van der Waals surface area contributed by atoms with Crippen molar-refractivity contribution in [3.8, 4) is 5.75 Å². The average molecular weight is 279 g/mol. The standard InChI is InChI=1S/C16H25NO3/c1-12-6-7-14(20-5)13(10-12)11-17(16(2,3)4)9-8-15(18)19/h6-7,10H,8-9,11H2,1-5H3,(H,18,19). The van der Waals surface area contributed by atoms with Gasteiger partial charge in [0.05, 0.1) is 13.5 Å². The second kappa shape index (κ2) is 6.75. The Labute approximate surface area is 121 Å². The Morgan fingerprint density at radius 3 is 2.50 bits per heavy atom. The molecule has 0 fully saturated rings. The molecule has 0 aromatic heterocycles. The van der Waals surface area contributed by atoms with Crippen molar-refractivity contribution in [1.29, 1.82) is 0 Å². The van der Waals surface area contributed by atoms with Gasteiger partial charge in [-0.25, -0.2) is 0 Å². The lowest BCUT2D eigenvalue weighted by Crippen LogP contribution is -2.42. The van der Waals surface area contributed by atoms with Crippen LogP contribution in [0.4, 0.5) is 0 Å². The first-order valence-electron chi connectivity index (χ1n) is 6.84. The largest absolute Gasteiger partial charge is 0.496 e. The summed E-state index contributed by atoms with van der Waals surface area (Å²) < 4.78 is 5.40. The van der Waals surface area contributed by atoms with Crippen LogP contribution in [-0.2, 0) is 11.3 Å². The molecule has 0 aliphatic carbocycles. The SMILES string of the molecule is COc1ccc(C)cc1CN(CCC(=O)O)C(C)(C)C. The Kier molecular flexibility index (Phi) is 5.57. The number of aliphatic carboxylic acids is 1. The first-order valence-corrected chi connectivity index (χ1v) is 6.84. The third-order valence-corrected chi connectivity index (χ3v) is 3.34. The van der Waals surface area contributed by atoms with Gasteiger partial charge in [0.15, 0.2) is 0 Å². The normalized spacial score (nSPS) is 11.7. The summed E-state index contributed by atoms with van der Waals surface area (Å²) in [5, 5.41) is 8.89. The van der Waals surface area contributed by atoms with Crippen LogP contribution in [0.2, 0.25) is 0 Å². The lowest BCUT2D eigenvalue weighted by Gasteiger charge is -2.35. The van der Waals surface area contributed by atoms with Crippen molar-refractivity contribution in [2.75, 3.05) is 13.7 Å². The Balaban J connectivity index is 2.94. The van der Waals surface area contributed by atoms with E-state index in [-0.39, 0.29) is 12.0 Å². The van der Waals surface area contributed by atoms with Crippen LogP contribution in [0.3, 0.4) is 0 Å². The quantitative estimate of drug-likeness (QED) is 0.869. The number of ether oxygens (including phenoxy) is 1. The summed E-state index contributed by atoms with van der Waals surface area (Å²) in [7, 11) is 1.66. The summed E-state index contributed by atoms with van der Waals surface area (Å²) in [6.07, 6.45) is 0.144. The van der Waals surface area contributed by atoms with E-state index in [9.17, 15) is 4.79 Å². The van der Waals surface area contributed by atoms with E-state index in [2.05, 4.69) is 31.7 Å². The van der Waals surface area contributed by atoms with E-state index < -0.39 is 5.97 Å². The van der Waals surface area contributed by atoms with Gasteiger partial charge in [-0.2, -0.15) is 0 Å². The Morgan fingerprint density at radius 1 is 1.35 bits per heavy atom. The second-order valence-electron chi connectivity index (χ2n) is 6.05. The van der Waals surface area contributed by atoms with Crippen LogP contribution in [0.5, 0.6) is 5.75 Å². The predicted octanol–water partition coefficient (Wildman–Crippen LogP) is 3.08. The third-order valence-electron chi connectivity index (χ3n) is 3.34. The Morgan fingerprint density at radius 2 is 2.00 bits per heavy atom. The molecule has 20 heavy (non-hydrogen) atoms. The molecule has 0 saturated heterocycles. The maximum absolute atomic E-state index is 10.8. The van der Waals surface area contributed by atoms with Gasteiger partial charge in [0.25, 0.3) is 0 Å². The molecular weight excluding hydrogens is 254 g/mol. The van der Waals surface area contributed by atoms with Gasteiger partial charge in [0.1, 0.15) is 5.75 Å². The average Bonchev–Trinajstić information content (AvgIpc) is 2.33. The van der Waals surface area contributed by atoms with Crippen LogP contribution < -0.4 is 4.74 Å². The van der Waals surface area contributed by atoms with Gasteiger partial charge in [-0.05, 0) is 33.8 Å². The summed E-state index contributed by atoms with van der Waals surface area (Å²) in [6, 6.07) is 6.07. The summed E-state index contributed by atoms with van der Waals surface area (Å²) in [6.45, 7) is 9.53. The number of hydrogen-bond acceptors (Lipinski definition) is 3. The van der Waals surface area contributed by atoms with Gasteiger partial charge < -0.3 is 9.84 Å². The van der Waals surface area contributed by atoms with E-state index in [1.165, 1.54) is 5.56 Å². The van der Waals surface area contributed by atoms with Gasteiger partial charge in [-0.3, -0.25) is 9.69 Å². The van der Waals surface area contributed by atoms with Gasteiger partial charge in [-0.1, -0.05) is 17.7 Å². The Hall–Kier alpha value is -1.55. The summed E-state index contributed by atoms with van der Waals surface area (Å²) in [5.41, 5.74) is 2.17. The molecule has 1 rings (SSSR count). The lowest BCUT2D eigenvalue weighted by atomic mass is 10.0. The molecule has 0 unspecified atom stereocenters. The number of aryl methyl sites for hydroxylation is 1. The molecule has 0 atom stereocenters. The molecule has 1 aromatic carbocycles. The molecule has 0 bridgehead atoms. The van der Waals surface area contributed by atoms with Crippen molar-refractivity contribution in [3.63, 3.8) is 0 Å². The van der Waals surface area contributed by atoms with Crippen LogP contribution in [0, 0.1) is 6.92 Å². The monoisotopic (exact) mass is 279 g/mol. The molecule has 0 spiro atoms. The van der Waals surface area contributed by atoms with Crippen LogP contribution in [0.25, 0.3) is 0 Å². The number of benzene rings is 1. The van der Waals surface area contributed by atoms with E-state index in [0.29, 0.717) is 13.1 Å². The van der Waals surface area contributed by atoms with Crippen molar-refractivity contribution in [2.45, 2.75) is 46.2 Å². The van der Waals surface area contributed by atoms with Crippen LogP contribution in [-0.4, -0.2) is 35.2 Å². The highest BCUT2D eigenvalue weighted by Gasteiger charge is 2.23. The van der Waals surface area contributed by atoms with Crippen molar-refractivity contribution in [2.24, 2.45) is 0 Å². The topological polar surface area (TPSA) is 49.8 Å². The number of rotatable bonds is 6. The minimum Gasteiger partial charge on any atom is -0.496 e. The molecule has 0 aliphatic heterocycles. The number of nitrogens with zero attached hydrogens (tertiary/aromatic N) is 1. The molecule has 4 nitrogen and oxygen atoms in total. The molecule has 1 aromatic rings. The fraction of sp³-hybridized carbons (Fsp3) is 0.562. The number of methoxy groups -OCH3 is 1. The highest BCUT2D eigenvalue weighted by Crippen LogP contribution is 2.25. The molecule has 1 N–H and O–H groups in total. The lowest BCUT2D eigenvalue weighted by molar-refractivity contribution is -0.137. The van der Waals surface area contributed by atoms with Gasteiger partial charge in [0, 0.05) is 24.2 Å². The second-order valence-corrected chi connectivity index (χ2v) is 6.05. The molecule has 112 valence electrons. The molecule has 0 amide bonds. The predicted molar refractivity (Wildman–Crippen MR) is 80.1 cm³/mol. The highest BCUT2D eigenvalue weighted by atomic mass is 16.5. The number of hydrogen-bond donors (Lipinski definition) is 1. The van der Waals surface area contributed by atoms with Crippen molar-refractivity contribution >= 4 is 5.97 Å². The minimum atomic E-state index is -0.768. The maximum Gasteiger partial charge on any atom is 0.304 e. The first kappa shape index (κ1) is 16.5. The fourth-order valence-corrected chi connectivity index (χ4v) is 2.12. The molecule has 0 radical (unpaired) electrons. The maximum atomic E-state index is 10.8. The molecular formula is C16H25NO3. The summed E-state index contributed by atoms with van der Waals surface area (Å²) in [5.74, 6) is 0.0793. The first-order chi connectivity index (χ1) is 9.24. The third kappa shape index (κ3) is 4.85. The van der Waals surface area contributed by atoms with E-state index in [0.717, 1.165) is 11.3 Å². The van der Waals surface area contributed by atoms with Crippen LogP contribution in [0.15, 0.2) is 18.2 Å². The fourth-order valence-electron chi connectivity index (χ4n) is 2.12. The van der Waals surface area contributed by atoms with Gasteiger partial charge >= 0.3 is 5.97 Å². The zero-order valence-electron chi connectivity index (χ0n) is 13.1. The molecule has 0 saturated carbocycles. The van der Waals surface area contributed by atoms with E-state index in [1.807, 2.05) is 19.1 Å². The van der Waals surface area contributed by atoms with Gasteiger partial charge in [0.2, 0.25) is 0 Å². The zero-order chi connectivity index (χ0) is 15.3. The van der Waals surface area contributed by atoms with Crippen LogP contribution >= 0.6 is 0 Å². The van der Waals surface area contributed by atoms with Gasteiger partial charge in [-0.15, -0.1) is 0 Å². The molecule has 4 heteroatoms. The minimum absolute atomic E-state index is 0.0930. The van der Waals surface area contributed by atoms with E-state index in [1.54, 1.807) is 7.11 Å². The molecule has 0 heterocycles. The van der Waals surface area contributed by atoms with Crippen molar-refractivity contribution in [3.05, 3.63) is 29.3 Å². The van der Waals surface area contributed by atoms with Crippen molar-refractivity contribution in [1.82, 2.24) is 4.90 Å². The summed E-state index contributed by atoms with van der Waals surface area (Å²) >= 11 is 0. The van der Waals surface area contributed by atoms with Crippen molar-refractivity contribution < 1.29 is 14.6 Å². The summed E-state index contributed by atoms with van der Waals surface area (Å²) in [4.78, 5) is 13.0. The Bertz CT molecular complexity index is 463. The zero-order valence-corrected chi connectivity index (χ0v) is 13.1. The smallest absolute Gasteiger partial charge is 0.304 e. The highest BCUT2D eigenvalue weighted by molar-refractivity contribution is 5.66. The van der Waals surface area contributed by atoms with E-state index in [4.69, 9.17) is 9.84 Å². The van der Waals surface area contributed by atoms with Crippen LogP contribution in [0.1, 0.15) is 38.3 Å². The number of carbonyl (C=O) groups is 1. The number of carboxylic acid groups (broad SMARTS) is 1. The number of carboxylic acids is 1. The molecule has 0 aliphatic rings. The van der Waals surface area contributed by atoms with E-state index >= 15 is 0 Å².